The molecule has 2 rings (SSSR count). The van der Waals surface area contributed by atoms with Crippen LogP contribution >= 0.6 is 0 Å². The molecule has 0 aromatic carbocycles. The average Bonchev–Trinajstić information content (AvgIpc) is 2.60. The van der Waals surface area contributed by atoms with E-state index < -0.39 is 0 Å². The molecule has 0 heterocycles. The van der Waals surface area contributed by atoms with E-state index in [9.17, 15) is 5.11 Å². The molecule has 0 saturated heterocycles. The van der Waals surface area contributed by atoms with E-state index in [4.69, 9.17) is 0 Å². The zero-order valence-corrected chi connectivity index (χ0v) is 9.48. The summed E-state index contributed by atoms with van der Waals surface area (Å²) in [6.07, 6.45) is 5.98. The van der Waals surface area contributed by atoms with Gasteiger partial charge in [-0.05, 0) is 24.2 Å². The molecule has 4 atom stereocenters. The number of hydrogen-bond donors (Lipinski definition) is 1. The van der Waals surface area contributed by atoms with Gasteiger partial charge in [0, 0.05) is 12.5 Å². The number of nitrogens with zero attached hydrogens (tertiary/aromatic N) is 1. The van der Waals surface area contributed by atoms with Crippen LogP contribution in [-0.4, -0.2) is 43.9 Å². The van der Waals surface area contributed by atoms with Crippen LogP contribution in [0.1, 0.15) is 6.42 Å². The van der Waals surface area contributed by atoms with E-state index in [2.05, 4.69) is 33.3 Å². The molecule has 1 saturated carbocycles. The number of fused-ring (bicyclic) bond motifs is 2. The van der Waals surface area contributed by atoms with E-state index in [1.165, 1.54) is 13.0 Å². The van der Waals surface area contributed by atoms with Crippen molar-refractivity contribution in [3.63, 3.8) is 0 Å². The molecular weight excluding hydrogens is 174 g/mol. The quantitative estimate of drug-likeness (QED) is 0.530. The van der Waals surface area contributed by atoms with Crippen molar-refractivity contribution in [1.82, 2.24) is 0 Å². The van der Waals surface area contributed by atoms with Gasteiger partial charge in [-0.2, -0.15) is 0 Å². The first-order chi connectivity index (χ1) is 6.51. The lowest BCUT2D eigenvalue weighted by molar-refractivity contribution is -0.874. The van der Waals surface area contributed by atoms with Gasteiger partial charge in [0.1, 0.15) is 0 Å². The molecule has 2 nitrogen and oxygen atoms in total. The molecule has 1 fully saturated rings. The second-order valence-corrected chi connectivity index (χ2v) is 5.93. The van der Waals surface area contributed by atoms with Gasteiger partial charge in [0.15, 0.2) is 0 Å². The maximum Gasteiger partial charge on any atom is 0.0818 e. The Morgan fingerprint density at radius 1 is 1.14 bits per heavy atom. The lowest BCUT2D eigenvalue weighted by Crippen LogP contribution is -2.43. The summed E-state index contributed by atoms with van der Waals surface area (Å²) >= 11 is 0. The van der Waals surface area contributed by atoms with Crippen molar-refractivity contribution in [2.45, 2.75) is 6.42 Å². The normalized spacial score (nSPS) is 40.9. The van der Waals surface area contributed by atoms with E-state index in [0.29, 0.717) is 24.4 Å². The Balaban J connectivity index is 2.08. The maximum absolute atomic E-state index is 9.41. The summed E-state index contributed by atoms with van der Waals surface area (Å²) in [5.74, 6) is 2.65. The van der Waals surface area contributed by atoms with Crippen LogP contribution in [0, 0.1) is 23.7 Å². The highest BCUT2D eigenvalue weighted by Crippen LogP contribution is 2.48. The Morgan fingerprint density at radius 2 is 1.71 bits per heavy atom. The number of quaternary nitrogens is 1. The van der Waals surface area contributed by atoms with E-state index >= 15 is 0 Å². The maximum atomic E-state index is 9.41. The minimum absolute atomic E-state index is 0.371. The molecule has 0 unspecified atom stereocenters. The third-order valence-corrected chi connectivity index (χ3v) is 3.77. The molecular formula is C12H22NO+. The van der Waals surface area contributed by atoms with Crippen molar-refractivity contribution >= 4 is 0 Å². The van der Waals surface area contributed by atoms with Crippen LogP contribution in [0.3, 0.4) is 0 Å². The molecule has 0 aromatic heterocycles. The first-order valence-corrected chi connectivity index (χ1v) is 5.61. The van der Waals surface area contributed by atoms with Crippen molar-refractivity contribution in [3.8, 4) is 0 Å². The van der Waals surface area contributed by atoms with E-state index in [0.717, 1.165) is 10.4 Å². The lowest BCUT2D eigenvalue weighted by atomic mass is 9.83. The van der Waals surface area contributed by atoms with E-state index in [1.54, 1.807) is 0 Å². The summed E-state index contributed by atoms with van der Waals surface area (Å²) in [6.45, 7) is 1.56. The highest BCUT2D eigenvalue weighted by molar-refractivity contribution is 5.13. The van der Waals surface area contributed by atoms with Crippen molar-refractivity contribution < 1.29 is 9.59 Å². The first-order valence-electron chi connectivity index (χ1n) is 5.61. The fourth-order valence-electron chi connectivity index (χ4n) is 3.20. The highest BCUT2D eigenvalue weighted by Gasteiger charge is 2.45. The molecule has 2 heteroatoms. The van der Waals surface area contributed by atoms with Gasteiger partial charge in [-0.15, -0.1) is 0 Å². The molecule has 2 bridgehead atoms. The molecule has 0 radical (unpaired) electrons. The molecule has 0 amide bonds. The predicted octanol–water partition coefficient (Wildman–Crippen LogP) is 1.12. The van der Waals surface area contributed by atoms with Gasteiger partial charge in [0.25, 0.3) is 0 Å². The third-order valence-electron chi connectivity index (χ3n) is 3.77. The van der Waals surface area contributed by atoms with Crippen LogP contribution in [-0.2, 0) is 0 Å². The summed E-state index contributed by atoms with van der Waals surface area (Å²) in [5, 5.41) is 9.41. The minimum atomic E-state index is 0.371. The number of hydrogen-bond acceptors (Lipinski definition) is 1. The van der Waals surface area contributed by atoms with Crippen molar-refractivity contribution in [2.75, 3.05) is 34.3 Å². The van der Waals surface area contributed by atoms with Gasteiger partial charge in [-0.25, -0.2) is 0 Å². The van der Waals surface area contributed by atoms with Crippen LogP contribution in [0.25, 0.3) is 0 Å². The summed E-state index contributed by atoms with van der Waals surface area (Å²) in [5.41, 5.74) is 0. The molecule has 0 spiro atoms. The summed E-state index contributed by atoms with van der Waals surface area (Å²) in [7, 11) is 6.72. The highest BCUT2D eigenvalue weighted by atomic mass is 16.3. The fourth-order valence-corrected chi connectivity index (χ4v) is 3.20. The molecule has 2 aliphatic rings. The van der Waals surface area contributed by atoms with Crippen molar-refractivity contribution in [2.24, 2.45) is 23.7 Å². The van der Waals surface area contributed by atoms with Crippen molar-refractivity contribution in [3.05, 3.63) is 12.2 Å². The van der Waals surface area contributed by atoms with Crippen molar-refractivity contribution in [1.29, 1.82) is 0 Å². The monoisotopic (exact) mass is 196 g/mol. The smallest absolute Gasteiger partial charge is 0.0818 e. The lowest BCUT2D eigenvalue weighted by Gasteiger charge is -2.33. The largest absolute Gasteiger partial charge is 0.396 e. The third kappa shape index (κ3) is 1.73. The molecule has 0 aliphatic heterocycles. The van der Waals surface area contributed by atoms with Crippen LogP contribution in [0.4, 0.5) is 0 Å². The summed E-state index contributed by atoms with van der Waals surface area (Å²) in [6, 6.07) is 0. The summed E-state index contributed by atoms with van der Waals surface area (Å²) in [4.78, 5) is 0. The zero-order valence-electron chi connectivity index (χ0n) is 9.48. The van der Waals surface area contributed by atoms with Gasteiger partial charge in [-0.1, -0.05) is 12.2 Å². The second-order valence-electron chi connectivity index (χ2n) is 5.93. The topological polar surface area (TPSA) is 20.2 Å². The SMILES string of the molecule is C[N+](C)(C)C[C@H]1[C@@H](CO)[C@H]2C=C[C@@H]1C2. The molecule has 14 heavy (non-hydrogen) atoms. The minimum Gasteiger partial charge on any atom is -0.396 e. The molecule has 0 aromatic rings. The van der Waals surface area contributed by atoms with Gasteiger partial charge in [0.05, 0.1) is 27.7 Å². The second kappa shape index (κ2) is 3.35. The van der Waals surface area contributed by atoms with Gasteiger partial charge in [-0.3, -0.25) is 0 Å². The number of aliphatic hydroxyl groups is 1. The average molecular weight is 196 g/mol. The zero-order chi connectivity index (χ0) is 10.3. The molecule has 1 N–H and O–H groups in total. The predicted molar refractivity (Wildman–Crippen MR) is 57.7 cm³/mol. The summed E-state index contributed by atoms with van der Waals surface area (Å²) < 4.78 is 1.01. The molecule has 2 aliphatic carbocycles. The Kier molecular flexibility index (Phi) is 2.44. The van der Waals surface area contributed by atoms with Gasteiger partial charge < -0.3 is 9.59 Å². The van der Waals surface area contributed by atoms with Gasteiger partial charge in [0.2, 0.25) is 0 Å². The van der Waals surface area contributed by atoms with E-state index in [1.807, 2.05) is 0 Å². The fraction of sp³-hybridized carbons (Fsp3) is 0.833. The number of allylic oxidation sites excluding steroid dienone is 2. The number of aliphatic hydroxyl groups excluding tert-OH is 1. The van der Waals surface area contributed by atoms with Crippen LogP contribution in [0.2, 0.25) is 0 Å². The Morgan fingerprint density at radius 3 is 2.21 bits per heavy atom. The molecule has 80 valence electrons. The Labute approximate surface area is 86.8 Å². The Bertz CT molecular complexity index is 241. The first kappa shape index (κ1) is 10.2. The Hall–Kier alpha value is -0.340. The van der Waals surface area contributed by atoms with Crippen LogP contribution < -0.4 is 0 Å². The van der Waals surface area contributed by atoms with E-state index in [-0.39, 0.29) is 0 Å². The standard InChI is InChI=1S/C12H22NO/c1-13(2,3)7-11-9-4-5-10(6-9)12(11)8-14/h4-5,9-12,14H,6-8H2,1-3H3/q+1/t9-,10+,11-,12+/m1/s1. The number of rotatable bonds is 3. The van der Waals surface area contributed by atoms with Crippen LogP contribution in [0.5, 0.6) is 0 Å². The van der Waals surface area contributed by atoms with Crippen LogP contribution in [0.15, 0.2) is 12.2 Å². The van der Waals surface area contributed by atoms with Gasteiger partial charge >= 0.3 is 0 Å².